The lowest BCUT2D eigenvalue weighted by atomic mass is 10.2. The molecule has 2 aromatic rings. The Morgan fingerprint density at radius 2 is 1.87 bits per heavy atom. The first-order valence-electron chi connectivity index (χ1n) is 10.2. The molecule has 1 saturated carbocycles. The minimum absolute atomic E-state index is 0.114. The summed E-state index contributed by atoms with van der Waals surface area (Å²) in [5.74, 6) is -0.904. The molecule has 2 fully saturated rings. The van der Waals surface area contributed by atoms with Crippen LogP contribution in [0.25, 0.3) is 0 Å². The van der Waals surface area contributed by atoms with Crippen LogP contribution in [0.2, 0.25) is 0 Å². The van der Waals surface area contributed by atoms with Crippen molar-refractivity contribution < 1.29 is 17.6 Å². The molecule has 160 valence electrons. The molecule has 1 heterocycles. The summed E-state index contributed by atoms with van der Waals surface area (Å²) in [6.07, 6.45) is 2.10. The highest BCUT2D eigenvalue weighted by atomic mass is 32.2. The van der Waals surface area contributed by atoms with Crippen LogP contribution in [0.4, 0.5) is 10.1 Å². The minimum atomic E-state index is -3.60. The smallest absolute Gasteiger partial charge is 0.239 e. The Labute approximate surface area is 176 Å². The number of amides is 1. The predicted molar refractivity (Wildman–Crippen MR) is 114 cm³/mol. The first-order valence-corrected chi connectivity index (χ1v) is 11.7. The van der Waals surface area contributed by atoms with Crippen LogP contribution >= 0.6 is 0 Å². The fourth-order valence-corrected chi connectivity index (χ4v) is 6.02. The average molecular weight is 432 g/mol. The van der Waals surface area contributed by atoms with Crippen LogP contribution < -0.4 is 5.32 Å². The lowest BCUT2D eigenvalue weighted by molar-refractivity contribution is -0.116. The van der Waals surface area contributed by atoms with Gasteiger partial charge in [0.25, 0.3) is 0 Å². The molecule has 0 radical (unpaired) electrons. The Balaban J connectivity index is 1.40. The van der Waals surface area contributed by atoms with Crippen LogP contribution in [0, 0.1) is 5.82 Å². The molecular formula is C22H26FN3O3S. The summed E-state index contributed by atoms with van der Waals surface area (Å²) in [6, 6.07) is 15.5. The molecule has 0 bridgehead atoms. The van der Waals surface area contributed by atoms with Crippen LogP contribution in [-0.2, 0) is 21.4 Å². The number of rotatable bonds is 8. The number of hydrogen-bond acceptors (Lipinski definition) is 4. The van der Waals surface area contributed by atoms with Gasteiger partial charge in [-0.05, 0) is 49.6 Å². The number of nitrogens with one attached hydrogen (secondary N) is 1. The molecule has 0 spiro atoms. The van der Waals surface area contributed by atoms with Crippen molar-refractivity contribution in [2.45, 2.75) is 37.1 Å². The summed E-state index contributed by atoms with van der Waals surface area (Å²) in [5, 5.41) is 2.09. The largest absolute Gasteiger partial charge is 0.325 e. The maximum Gasteiger partial charge on any atom is 0.239 e. The number of likely N-dealkylation sites (tertiary alicyclic amines) is 1. The molecule has 1 amide bonds. The van der Waals surface area contributed by atoms with E-state index >= 15 is 0 Å². The molecule has 1 atom stereocenters. The Hall–Kier alpha value is -2.29. The van der Waals surface area contributed by atoms with Crippen molar-refractivity contribution in [2.75, 3.05) is 25.0 Å². The van der Waals surface area contributed by atoms with E-state index < -0.39 is 27.0 Å². The molecule has 1 saturated heterocycles. The predicted octanol–water partition coefficient (Wildman–Crippen LogP) is 2.83. The fourth-order valence-electron chi connectivity index (χ4n) is 3.91. The number of hydrogen-bond donors (Lipinski definition) is 1. The Morgan fingerprint density at radius 1 is 1.10 bits per heavy atom. The maximum absolute atomic E-state index is 13.3. The van der Waals surface area contributed by atoms with Crippen molar-refractivity contribution in [3.63, 3.8) is 0 Å². The number of anilines is 1. The molecule has 6 nitrogen and oxygen atoms in total. The van der Waals surface area contributed by atoms with Crippen LogP contribution in [0.15, 0.2) is 54.6 Å². The third kappa shape index (κ3) is 5.06. The van der Waals surface area contributed by atoms with E-state index in [-0.39, 0.29) is 12.6 Å². The molecule has 1 aliphatic heterocycles. The highest BCUT2D eigenvalue weighted by Crippen LogP contribution is 2.33. The van der Waals surface area contributed by atoms with E-state index in [9.17, 15) is 17.6 Å². The minimum Gasteiger partial charge on any atom is -0.325 e. The number of sulfonamides is 1. The van der Waals surface area contributed by atoms with Crippen molar-refractivity contribution >= 4 is 21.6 Å². The van der Waals surface area contributed by atoms with Crippen LogP contribution in [-0.4, -0.2) is 54.5 Å². The van der Waals surface area contributed by atoms with Gasteiger partial charge in [0, 0.05) is 24.8 Å². The van der Waals surface area contributed by atoms with E-state index in [4.69, 9.17) is 0 Å². The third-order valence-corrected chi connectivity index (χ3v) is 7.90. The molecule has 4 rings (SSSR count). The van der Waals surface area contributed by atoms with Gasteiger partial charge in [0.05, 0.1) is 11.8 Å². The molecule has 8 heteroatoms. The van der Waals surface area contributed by atoms with Crippen molar-refractivity contribution in [2.24, 2.45) is 0 Å². The SMILES string of the molecule is O=C(CN(C1CC1)S(=O)(=O)[C@@H]1CCN(Cc2ccccc2)C1)Nc1cccc(F)c1. The lowest BCUT2D eigenvalue weighted by Crippen LogP contribution is -2.45. The standard InChI is InChI=1S/C22H26FN3O3S/c23-18-7-4-8-19(13-18)24-22(27)16-26(20-9-10-20)30(28,29)21-11-12-25(15-21)14-17-5-2-1-3-6-17/h1-8,13,20-21H,9-12,14-16H2,(H,24,27)/t21-/m1/s1. The van der Waals surface area contributed by atoms with Crippen molar-refractivity contribution in [1.82, 2.24) is 9.21 Å². The van der Waals surface area contributed by atoms with Gasteiger partial charge in [0.2, 0.25) is 15.9 Å². The van der Waals surface area contributed by atoms with Crippen LogP contribution in [0.3, 0.4) is 0 Å². The molecule has 30 heavy (non-hydrogen) atoms. The van der Waals surface area contributed by atoms with Gasteiger partial charge in [0.15, 0.2) is 0 Å². The summed E-state index contributed by atoms with van der Waals surface area (Å²) in [5.41, 5.74) is 1.48. The summed E-state index contributed by atoms with van der Waals surface area (Å²) in [6.45, 7) is 1.66. The molecular weight excluding hydrogens is 405 g/mol. The monoisotopic (exact) mass is 431 g/mol. The summed E-state index contributed by atoms with van der Waals surface area (Å²) in [4.78, 5) is 14.6. The van der Waals surface area contributed by atoms with Crippen molar-refractivity contribution in [3.05, 3.63) is 66.0 Å². The lowest BCUT2D eigenvalue weighted by Gasteiger charge is -2.25. The topological polar surface area (TPSA) is 69.7 Å². The second-order valence-electron chi connectivity index (χ2n) is 8.01. The van der Waals surface area contributed by atoms with Gasteiger partial charge < -0.3 is 5.32 Å². The number of benzene rings is 2. The molecule has 2 aliphatic rings. The Morgan fingerprint density at radius 3 is 2.57 bits per heavy atom. The van der Waals surface area contributed by atoms with Crippen molar-refractivity contribution in [1.29, 1.82) is 0 Å². The van der Waals surface area contributed by atoms with Gasteiger partial charge in [-0.25, -0.2) is 12.8 Å². The number of carbonyl (C=O) groups excluding carboxylic acids is 1. The summed E-state index contributed by atoms with van der Waals surface area (Å²) >= 11 is 0. The zero-order valence-corrected chi connectivity index (χ0v) is 17.5. The normalized spacial score (nSPS) is 19.9. The third-order valence-electron chi connectivity index (χ3n) is 5.59. The molecule has 0 unspecified atom stereocenters. The van der Waals surface area contributed by atoms with E-state index in [1.807, 2.05) is 30.3 Å². The van der Waals surface area contributed by atoms with Crippen LogP contribution in [0.5, 0.6) is 0 Å². The van der Waals surface area contributed by atoms with E-state index in [1.165, 1.54) is 22.5 Å². The average Bonchev–Trinajstić information content (AvgIpc) is 3.44. The quantitative estimate of drug-likeness (QED) is 0.698. The second kappa shape index (κ2) is 8.83. The van der Waals surface area contributed by atoms with Gasteiger partial charge in [-0.2, -0.15) is 4.31 Å². The van der Waals surface area contributed by atoms with Gasteiger partial charge in [-0.3, -0.25) is 9.69 Å². The molecule has 1 N–H and O–H groups in total. The molecule has 2 aromatic carbocycles. The zero-order valence-electron chi connectivity index (χ0n) is 16.7. The first kappa shape index (κ1) is 21.0. The molecule has 0 aromatic heterocycles. The highest BCUT2D eigenvalue weighted by molar-refractivity contribution is 7.89. The fraction of sp³-hybridized carbons (Fsp3) is 0.409. The van der Waals surface area contributed by atoms with Gasteiger partial charge in [0.1, 0.15) is 5.82 Å². The Kier molecular flexibility index (Phi) is 6.17. The number of halogens is 1. The number of nitrogens with zero attached hydrogens (tertiary/aromatic N) is 2. The second-order valence-corrected chi connectivity index (χ2v) is 10.2. The van der Waals surface area contributed by atoms with E-state index in [2.05, 4.69) is 10.2 Å². The van der Waals surface area contributed by atoms with Gasteiger partial charge in [-0.15, -0.1) is 0 Å². The van der Waals surface area contributed by atoms with E-state index in [0.29, 0.717) is 25.2 Å². The van der Waals surface area contributed by atoms with Crippen LogP contribution in [0.1, 0.15) is 24.8 Å². The first-order chi connectivity index (χ1) is 14.4. The summed E-state index contributed by atoms with van der Waals surface area (Å²) in [7, 11) is -3.60. The number of carbonyl (C=O) groups is 1. The van der Waals surface area contributed by atoms with E-state index in [0.717, 1.165) is 24.9 Å². The Bertz CT molecular complexity index is 996. The van der Waals surface area contributed by atoms with E-state index in [1.54, 1.807) is 6.07 Å². The van der Waals surface area contributed by atoms with Gasteiger partial charge in [-0.1, -0.05) is 36.4 Å². The van der Waals surface area contributed by atoms with Gasteiger partial charge >= 0.3 is 0 Å². The summed E-state index contributed by atoms with van der Waals surface area (Å²) < 4.78 is 41.3. The maximum atomic E-state index is 13.3. The molecule has 1 aliphatic carbocycles. The highest BCUT2D eigenvalue weighted by Gasteiger charge is 2.44. The zero-order chi connectivity index (χ0) is 21.1. The van der Waals surface area contributed by atoms with Crippen molar-refractivity contribution in [3.8, 4) is 0 Å².